The molecule has 0 saturated carbocycles. The Morgan fingerprint density at radius 3 is 2.92 bits per heavy atom. The van der Waals surface area contributed by atoms with Gasteiger partial charge in [0.15, 0.2) is 0 Å². The first-order valence-corrected chi connectivity index (χ1v) is 8.17. The van der Waals surface area contributed by atoms with Crippen molar-refractivity contribution in [2.24, 2.45) is 0 Å². The van der Waals surface area contributed by atoms with Gasteiger partial charge in [-0.05, 0) is 25.3 Å². The summed E-state index contributed by atoms with van der Waals surface area (Å²) in [6.07, 6.45) is 3.70. The summed E-state index contributed by atoms with van der Waals surface area (Å²) in [4.78, 5) is 35.0. The smallest absolute Gasteiger partial charge is 0.324 e. The molecular formula is C16H19N5O4. The van der Waals surface area contributed by atoms with Crippen molar-refractivity contribution in [1.82, 2.24) is 14.3 Å². The zero-order valence-corrected chi connectivity index (χ0v) is 13.9. The zero-order valence-electron chi connectivity index (χ0n) is 13.9. The van der Waals surface area contributed by atoms with Gasteiger partial charge in [0.2, 0.25) is 5.91 Å². The summed E-state index contributed by atoms with van der Waals surface area (Å²) in [7, 11) is 0. The van der Waals surface area contributed by atoms with Crippen molar-refractivity contribution >= 4 is 17.3 Å². The molecule has 9 nitrogen and oxygen atoms in total. The lowest BCUT2D eigenvalue weighted by atomic mass is 10.2. The van der Waals surface area contributed by atoms with Crippen molar-refractivity contribution < 1.29 is 9.72 Å². The Balaban J connectivity index is 1.77. The number of benzene rings is 1. The number of anilines is 1. The van der Waals surface area contributed by atoms with Crippen LogP contribution in [0.15, 0.2) is 23.0 Å². The van der Waals surface area contributed by atoms with E-state index in [1.165, 1.54) is 12.1 Å². The number of non-ortho nitro benzene ring substituents is 1. The van der Waals surface area contributed by atoms with Gasteiger partial charge in [-0.15, -0.1) is 0 Å². The topological polar surface area (TPSA) is 112 Å². The van der Waals surface area contributed by atoms with E-state index in [-0.39, 0.29) is 17.9 Å². The zero-order chi connectivity index (χ0) is 18.0. The fourth-order valence-electron chi connectivity index (χ4n) is 2.91. The van der Waals surface area contributed by atoms with E-state index in [9.17, 15) is 19.7 Å². The Kier molecular flexibility index (Phi) is 4.64. The van der Waals surface area contributed by atoms with Crippen LogP contribution in [0.3, 0.4) is 0 Å². The second kappa shape index (κ2) is 6.88. The molecule has 132 valence electrons. The number of aryl methyl sites for hydroxylation is 2. The van der Waals surface area contributed by atoms with Crippen molar-refractivity contribution in [2.75, 3.05) is 5.32 Å². The molecule has 9 heteroatoms. The van der Waals surface area contributed by atoms with Gasteiger partial charge in [0.05, 0.1) is 10.6 Å². The molecule has 0 unspecified atom stereocenters. The lowest BCUT2D eigenvalue weighted by molar-refractivity contribution is -0.384. The Morgan fingerprint density at radius 2 is 2.16 bits per heavy atom. The molecule has 0 atom stereocenters. The summed E-state index contributed by atoms with van der Waals surface area (Å²) in [5.74, 6) is 0.265. The van der Waals surface area contributed by atoms with Gasteiger partial charge in [-0.25, -0.2) is 9.48 Å². The second-order valence-electron chi connectivity index (χ2n) is 6.12. The molecule has 2 heterocycles. The highest BCUT2D eigenvalue weighted by Gasteiger charge is 2.18. The van der Waals surface area contributed by atoms with E-state index in [0.717, 1.165) is 30.4 Å². The maximum absolute atomic E-state index is 12.4. The van der Waals surface area contributed by atoms with E-state index in [2.05, 4.69) is 10.4 Å². The molecule has 0 fully saturated rings. The van der Waals surface area contributed by atoms with Crippen LogP contribution in [0, 0.1) is 17.0 Å². The molecule has 0 spiro atoms. The normalized spacial score (nSPS) is 13.8. The minimum atomic E-state index is -0.522. The number of hydrogen-bond acceptors (Lipinski definition) is 5. The van der Waals surface area contributed by atoms with Crippen molar-refractivity contribution in [1.29, 1.82) is 0 Å². The average Bonchev–Trinajstić information content (AvgIpc) is 2.74. The van der Waals surface area contributed by atoms with Crippen molar-refractivity contribution in [3.63, 3.8) is 0 Å². The molecule has 1 aliphatic heterocycles. The van der Waals surface area contributed by atoms with Crippen molar-refractivity contribution in [2.45, 2.75) is 45.7 Å². The molecule has 2 aromatic rings. The third-order valence-corrected chi connectivity index (χ3v) is 4.28. The van der Waals surface area contributed by atoms with Gasteiger partial charge >= 0.3 is 5.69 Å². The van der Waals surface area contributed by atoms with Gasteiger partial charge in [-0.3, -0.25) is 19.5 Å². The summed E-state index contributed by atoms with van der Waals surface area (Å²) in [5, 5.41) is 17.7. The molecule has 0 radical (unpaired) electrons. The first-order valence-electron chi connectivity index (χ1n) is 8.17. The highest BCUT2D eigenvalue weighted by Crippen LogP contribution is 2.21. The number of carbonyl (C=O) groups excluding carboxylic acids is 1. The van der Waals surface area contributed by atoms with Gasteiger partial charge in [-0.1, -0.05) is 12.5 Å². The number of nitrogens with one attached hydrogen (secondary N) is 1. The van der Waals surface area contributed by atoms with Crippen LogP contribution in [0.5, 0.6) is 0 Å². The summed E-state index contributed by atoms with van der Waals surface area (Å²) >= 11 is 0. The van der Waals surface area contributed by atoms with Crippen LogP contribution in [0.2, 0.25) is 0 Å². The number of amides is 1. The fraction of sp³-hybridized carbons (Fsp3) is 0.438. The summed E-state index contributed by atoms with van der Waals surface area (Å²) < 4.78 is 2.78. The van der Waals surface area contributed by atoms with Gasteiger partial charge in [-0.2, -0.15) is 5.10 Å². The Labute approximate surface area is 143 Å². The molecule has 1 aromatic carbocycles. The van der Waals surface area contributed by atoms with Crippen molar-refractivity contribution in [3.05, 3.63) is 50.2 Å². The molecule has 1 amide bonds. The molecule has 0 bridgehead atoms. The van der Waals surface area contributed by atoms with E-state index in [4.69, 9.17) is 0 Å². The van der Waals surface area contributed by atoms with E-state index >= 15 is 0 Å². The number of nitro groups is 1. The summed E-state index contributed by atoms with van der Waals surface area (Å²) in [5.41, 5.74) is 0.662. The molecule has 3 rings (SSSR count). The third kappa shape index (κ3) is 3.59. The minimum absolute atomic E-state index is 0.105. The molecular weight excluding hydrogens is 326 g/mol. The predicted molar refractivity (Wildman–Crippen MR) is 90.5 cm³/mol. The van der Waals surface area contributed by atoms with Crippen LogP contribution < -0.4 is 11.0 Å². The number of nitrogens with zero attached hydrogens (tertiary/aromatic N) is 4. The monoisotopic (exact) mass is 345 g/mol. The van der Waals surface area contributed by atoms with Crippen LogP contribution in [0.1, 0.15) is 30.7 Å². The van der Waals surface area contributed by atoms with Gasteiger partial charge in [0.25, 0.3) is 5.69 Å². The number of rotatable bonds is 4. The van der Waals surface area contributed by atoms with Crippen molar-refractivity contribution in [3.8, 4) is 0 Å². The van der Waals surface area contributed by atoms with Gasteiger partial charge < -0.3 is 5.32 Å². The van der Waals surface area contributed by atoms with Gasteiger partial charge in [0, 0.05) is 25.1 Å². The van der Waals surface area contributed by atoms with Crippen LogP contribution in [0.4, 0.5) is 11.4 Å². The van der Waals surface area contributed by atoms with Crippen LogP contribution in [-0.2, 0) is 24.3 Å². The van der Waals surface area contributed by atoms with Crippen LogP contribution in [0.25, 0.3) is 0 Å². The number of aromatic nitrogens is 3. The SMILES string of the molecule is Cc1ccc([N+](=O)[O-])cc1NC(=O)Cn1nc2n(c1=O)CCCCC2. The first-order chi connectivity index (χ1) is 12.0. The molecule has 25 heavy (non-hydrogen) atoms. The number of hydrogen-bond donors (Lipinski definition) is 1. The average molecular weight is 345 g/mol. The Hall–Kier alpha value is -2.97. The summed E-state index contributed by atoms with van der Waals surface area (Å²) in [6.45, 7) is 2.14. The van der Waals surface area contributed by atoms with Crippen LogP contribution in [-0.4, -0.2) is 25.2 Å². The van der Waals surface area contributed by atoms with E-state index in [1.54, 1.807) is 17.6 Å². The molecule has 1 aromatic heterocycles. The minimum Gasteiger partial charge on any atom is -0.324 e. The summed E-state index contributed by atoms with van der Waals surface area (Å²) in [6, 6.07) is 4.25. The standard InChI is InChI=1S/C16H19N5O4/c1-11-6-7-12(21(24)25)9-13(11)17-15(22)10-20-16(23)19-8-4-2-3-5-14(19)18-20/h6-7,9H,2-5,8,10H2,1H3,(H,17,22). The quantitative estimate of drug-likeness (QED) is 0.668. The van der Waals surface area contributed by atoms with Crippen LogP contribution >= 0.6 is 0 Å². The highest BCUT2D eigenvalue weighted by atomic mass is 16.6. The molecule has 0 saturated heterocycles. The maximum atomic E-state index is 12.4. The second-order valence-corrected chi connectivity index (χ2v) is 6.12. The lowest BCUT2D eigenvalue weighted by Gasteiger charge is -2.08. The lowest BCUT2D eigenvalue weighted by Crippen LogP contribution is -2.30. The largest absolute Gasteiger partial charge is 0.346 e. The third-order valence-electron chi connectivity index (χ3n) is 4.28. The number of nitro benzene ring substituents is 1. The number of fused-ring (bicyclic) bond motifs is 1. The number of carbonyl (C=O) groups is 1. The predicted octanol–water partition coefficient (Wildman–Crippen LogP) is 1.63. The molecule has 1 N–H and O–H groups in total. The first kappa shape index (κ1) is 16.9. The van der Waals surface area contributed by atoms with E-state index in [0.29, 0.717) is 23.6 Å². The maximum Gasteiger partial charge on any atom is 0.346 e. The van der Waals surface area contributed by atoms with E-state index < -0.39 is 10.8 Å². The van der Waals surface area contributed by atoms with Gasteiger partial charge in [0.1, 0.15) is 12.4 Å². The van der Waals surface area contributed by atoms with E-state index in [1.807, 2.05) is 0 Å². The fourth-order valence-corrected chi connectivity index (χ4v) is 2.91. The highest BCUT2D eigenvalue weighted by molar-refractivity contribution is 5.91. The Morgan fingerprint density at radius 1 is 1.36 bits per heavy atom. The Bertz CT molecular complexity index is 883. The molecule has 0 aliphatic carbocycles. The molecule has 1 aliphatic rings.